The Morgan fingerprint density at radius 2 is 2.22 bits per heavy atom. The number of likely N-dealkylation sites (N-methyl/N-ethyl adjacent to an activating group) is 1. The number of ether oxygens (including phenoxy) is 1. The number of nitrogens with zero attached hydrogens (tertiary/aromatic N) is 2. The zero-order chi connectivity index (χ0) is 13.5. The van der Waals surface area contributed by atoms with E-state index in [1.807, 2.05) is 0 Å². The van der Waals surface area contributed by atoms with E-state index in [1.165, 1.54) is 0 Å². The Morgan fingerprint density at radius 3 is 2.89 bits per heavy atom. The molecule has 1 unspecified atom stereocenters. The van der Waals surface area contributed by atoms with E-state index in [-0.39, 0.29) is 18.4 Å². The molecule has 1 aliphatic heterocycles. The molecule has 104 valence electrons. The van der Waals surface area contributed by atoms with Gasteiger partial charge in [-0.3, -0.25) is 9.59 Å². The van der Waals surface area contributed by atoms with Crippen molar-refractivity contribution in [3.05, 3.63) is 0 Å². The van der Waals surface area contributed by atoms with Gasteiger partial charge in [0, 0.05) is 33.9 Å². The minimum atomic E-state index is -0.531. The van der Waals surface area contributed by atoms with E-state index in [1.54, 1.807) is 24.0 Å². The SMILES string of the molecule is COCCCC(N)C(=O)N1CCCN(C)C(=O)C1. The average Bonchev–Trinajstić information content (AvgIpc) is 2.51. The summed E-state index contributed by atoms with van der Waals surface area (Å²) >= 11 is 0. The Bertz CT molecular complexity index is 296. The molecule has 6 nitrogen and oxygen atoms in total. The molecule has 0 aromatic rings. The van der Waals surface area contributed by atoms with Crippen LogP contribution in [0.5, 0.6) is 0 Å². The van der Waals surface area contributed by atoms with Crippen LogP contribution in [0.15, 0.2) is 0 Å². The van der Waals surface area contributed by atoms with Crippen LogP contribution in [0.3, 0.4) is 0 Å². The molecule has 1 heterocycles. The summed E-state index contributed by atoms with van der Waals surface area (Å²) in [5, 5.41) is 0. The molecular weight excluding hydrogens is 234 g/mol. The lowest BCUT2D eigenvalue weighted by molar-refractivity contribution is -0.139. The fourth-order valence-electron chi connectivity index (χ4n) is 1.98. The number of hydrogen-bond acceptors (Lipinski definition) is 4. The third-order valence-electron chi connectivity index (χ3n) is 3.17. The molecule has 0 aromatic heterocycles. The van der Waals surface area contributed by atoms with Crippen molar-refractivity contribution in [1.29, 1.82) is 0 Å². The van der Waals surface area contributed by atoms with Crippen LogP contribution in [0.25, 0.3) is 0 Å². The molecule has 6 heteroatoms. The smallest absolute Gasteiger partial charge is 0.241 e. The van der Waals surface area contributed by atoms with Gasteiger partial charge in [-0.05, 0) is 19.3 Å². The maximum absolute atomic E-state index is 12.1. The van der Waals surface area contributed by atoms with Crippen LogP contribution in [0.4, 0.5) is 0 Å². The second kappa shape index (κ2) is 7.33. The topological polar surface area (TPSA) is 75.9 Å². The molecule has 2 amide bonds. The van der Waals surface area contributed by atoms with Gasteiger partial charge in [0.25, 0.3) is 0 Å². The molecule has 18 heavy (non-hydrogen) atoms. The normalized spacial score (nSPS) is 18.7. The van der Waals surface area contributed by atoms with Crippen molar-refractivity contribution < 1.29 is 14.3 Å². The van der Waals surface area contributed by atoms with Gasteiger partial charge in [-0.25, -0.2) is 0 Å². The quantitative estimate of drug-likeness (QED) is 0.669. The van der Waals surface area contributed by atoms with Crippen LogP contribution < -0.4 is 5.73 Å². The van der Waals surface area contributed by atoms with Crippen LogP contribution >= 0.6 is 0 Å². The Hall–Kier alpha value is -1.14. The Balaban J connectivity index is 2.46. The average molecular weight is 257 g/mol. The van der Waals surface area contributed by atoms with E-state index in [4.69, 9.17) is 10.5 Å². The molecule has 0 saturated carbocycles. The van der Waals surface area contributed by atoms with E-state index in [2.05, 4.69) is 0 Å². The van der Waals surface area contributed by atoms with Crippen molar-refractivity contribution in [2.45, 2.75) is 25.3 Å². The van der Waals surface area contributed by atoms with Gasteiger partial charge < -0.3 is 20.3 Å². The zero-order valence-electron chi connectivity index (χ0n) is 11.2. The van der Waals surface area contributed by atoms with Gasteiger partial charge in [-0.2, -0.15) is 0 Å². The van der Waals surface area contributed by atoms with Gasteiger partial charge in [-0.1, -0.05) is 0 Å². The molecule has 1 fully saturated rings. The molecule has 0 aromatic carbocycles. The predicted molar refractivity (Wildman–Crippen MR) is 67.9 cm³/mol. The largest absolute Gasteiger partial charge is 0.385 e. The van der Waals surface area contributed by atoms with Crippen molar-refractivity contribution in [3.8, 4) is 0 Å². The van der Waals surface area contributed by atoms with Crippen molar-refractivity contribution in [2.24, 2.45) is 5.73 Å². The standard InChI is InChI=1S/C12H23N3O3/c1-14-6-4-7-15(9-11(14)16)12(17)10(13)5-3-8-18-2/h10H,3-9,13H2,1-2H3. The summed E-state index contributed by atoms with van der Waals surface area (Å²) in [7, 11) is 3.38. The van der Waals surface area contributed by atoms with E-state index >= 15 is 0 Å². The lowest BCUT2D eigenvalue weighted by Crippen LogP contribution is -2.46. The molecule has 2 N–H and O–H groups in total. The summed E-state index contributed by atoms with van der Waals surface area (Å²) in [4.78, 5) is 27.0. The number of nitrogens with two attached hydrogens (primary N) is 1. The Labute approximate surface area is 108 Å². The first kappa shape index (κ1) is 14.9. The van der Waals surface area contributed by atoms with E-state index in [0.29, 0.717) is 26.1 Å². The molecule has 0 spiro atoms. The maximum Gasteiger partial charge on any atom is 0.241 e. The third kappa shape index (κ3) is 4.27. The fraction of sp³-hybridized carbons (Fsp3) is 0.833. The number of rotatable bonds is 5. The molecule has 1 atom stereocenters. The molecule has 1 rings (SSSR count). The summed E-state index contributed by atoms with van der Waals surface area (Å²) in [5.74, 6) is -0.153. The van der Waals surface area contributed by atoms with E-state index < -0.39 is 6.04 Å². The maximum atomic E-state index is 12.1. The summed E-state index contributed by atoms with van der Waals surface area (Å²) in [5.41, 5.74) is 5.85. The van der Waals surface area contributed by atoms with Crippen molar-refractivity contribution in [2.75, 3.05) is 40.4 Å². The lowest BCUT2D eigenvalue weighted by Gasteiger charge is -2.23. The Kier molecular flexibility index (Phi) is 6.07. The van der Waals surface area contributed by atoms with Crippen LogP contribution in [0.2, 0.25) is 0 Å². The van der Waals surface area contributed by atoms with Crippen LogP contribution in [0.1, 0.15) is 19.3 Å². The van der Waals surface area contributed by atoms with Gasteiger partial charge in [0.05, 0.1) is 12.6 Å². The van der Waals surface area contributed by atoms with E-state index in [9.17, 15) is 9.59 Å². The fourth-order valence-corrected chi connectivity index (χ4v) is 1.98. The van der Waals surface area contributed by atoms with Gasteiger partial charge in [0.1, 0.15) is 0 Å². The summed E-state index contributed by atoms with van der Waals surface area (Å²) in [6.07, 6.45) is 2.15. The first-order valence-electron chi connectivity index (χ1n) is 6.33. The van der Waals surface area contributed by atoms with Gasteiger partial charge in [0.2, 0.25) is 11.8 Å². The molecular formula is C12H23N3O3. The minimum absolute atomic E-state index is 0.0232. The zero-order valence-corrected chi connectivity index (χ0v) is 11.2. The first-order chi connectivity index (χ1) is 8.56. The second-order valence-corrected chi connectivity index (χ2v) is 4.67. The minimum Gasteiger partial charge on any atom is -0.385 e. The highest BCUT2D eigenvalue weighted by Gasteiger charge is 2.26. The molecule has 1 saturated heterocycles. The highest BCUT2D eigenvalue weighted by molar-refractivity contribution is 5.87. The molecule has 0 aliphatic carbocycles. The summed E-state index contributed by atoms with van der Waals surface area (Å²) in [6, 6.07) is -0.531. The highest BCUT2D eigenvalue weighted by atomic mass is 16.5. The molecule has 1 aliphatic rings. The number of amides is 2. The Morgan fingerprint density at radius 1 is 1.50 bits per heavy atom. The number of carbonyl (C=O) groups is 2. The monoisotopic (exact) mass is 257 g/mol. The van der Waals surface area contributed by atoms with Gasteiger partial charge >= 0.3 is 0 Å². The van der Waals surface area contributed by atoms with E-state index in [0.717, 1.165) is 12.8 Å². The summed E-state index contributed by atoms with van der Waals surface area (Å²) in [6.45, 7) is 2.05. The van der Waals surface area contributed by atoms with Crippen molar-refractivity contribution >= 4 is 11.8 Å². The second-order valence-electron chi connectivity index (χ2n) is 4.67. The third-order valence-corrected chi connectivity index (χ3v) is 3.17. The van der Waals surface area contributed by atoms with Crippen LogP contribution in [-0.2, 0) is 14.3 Å². The van der Waals surface area contributed by atoms with Crippen molar-refractivity contribution in [1.82, 2.24) is 9.80 Å². The summed E-state index contributed by atoms with van der Waals surface area (Å²) < 4.78 is 4.93. The van der Waals surface area contributed by atoms with Crippen LogP contribution in [0, 0.1) is 0 Å². The number of hydrogen-bond donors (Lipinski definition) is 1. The molecule has 0 bridgehead atoms. The van der Waals surface area contributed by atoms with Gasteiger partial charge in [0.15, 0.2) is 0 Å². The van der Waals surface area contributed by atoms with Gasteiger partial charge in [-0.15, -0.1) is 0 Å². The predicted octanol–water partition coefficient (Wildman–Crippen LogP) is -0.569. The number of carbonyl (C=O) groups excluding carboxylic acids is 2. The van der Waals surface area contributed by atoms with Crippen molar-refractivity contribution in [3.63, 3.8) is 0 Å². The lowest BCUT2D eigenvalue weighted by atomic mass is 10.1. The molecule has 0 radical (unpaired) electrons. The highest BCUT2D eigenvalue weighted by Crippen LogP contribution is 2.06. The number of methoxy groups -OCH3 is 1. The first-order valence-corrected chi connectivity index (χ1v) is 6.33. The van der Waals surface area contributed by atoms with Crippen LogP contribution in [-0.4, -0.2) is 68.1 Å².